The SMILES string of the molecule is C[C@](C(=O)O)(c1ccc(-c2ccccc2)cc1)[C@H]1C=CCCN1.Cl. The largest absolute Gasteiger partial charge is 0.481 e. The summed E-state index contributed by atoms with van der Waals surface area (Å²) in [5.74, 6) is -0.811. The van der Waals surface area contributed by atoms with Crippen LogP contribution in [0.5, 0.6) is 0 Å². The van der Waals surface area contributed by atoms with E-state index in [1.165, 1.54) is 0 Å². The second-order valence-corrected chi connectivity index (χ2v) is 6.10. The molecule has 0 amide bonds. The second kappa shape index (κ2) is 7.65. The van der Waals surface area contributed by atoms with Crippen molar-refractivity contribution in [1.29, 1.82) is 0 Å². The van der Waals surface area contributed by atoms with Crippen LogP contribution in [0.1, 0.15) is 18.9 Å². The first-order valence-corrected chi connectivity index (χ1v) is 7.92. The molecular weight excluding hydrogens is 322 g/mol. The fourth-order valence-electron chi connectivity index (χ4n) is 3.09. The van der Waals surface area contributed by atoms with Crippen molar-refractivity contribution in [1.82, 2.24) is 5.32 Å². The summed E-state index contributed by atoms with van der Waals surface area (Å²) in [5, 5.41) is 13.2. The van der Waals surface area contributed by atoms with E-state index in [1.807, 2.05) is 48.5 Å². The maximum absolute atomic E-state index is 12.0. The predicted octanol–water partition coefficient (Wildman–Crippen LogP) is 4.04. The first-order chi connectivity index (χ1) is 11.1. The molecule has 0 fully saturated rings. The molecule has 24 heavy (non-hydrogen) atoms. The van der Waals surface area contributed by atoms with E-state index in [0.717, 1.165) is 29.7 Å². The molecule has 1 aliphatic heterocycles. The highest BCUT2D eigenvalue weighted by atomic mass is 35.5. The van der Waals surface area contributed by atoms with Crippen molar-refractivity contribution in [2.75, 3.05) is 6.54 Å². The van der Waals surface area contributed by atoms with E-state index < -0.39 is 11.4 Å². The summed E-state index contributed by atoms with van der Waals surface area (Å²) in [4.78, 5) is 12.0. The molecule has 0 unspecified atom stereocenters. The van der Waals surface area contributed by atoms with E-state index in [-0.39, 0.29) is 18.4 Å². The van der Waals surface area contributed by atoms with Gasteiger partial charge in [-0.25, -0.2) is 0 Å². The first kappa shape index (κ1) is 18.2. The monoisotopic (exact) mass is 343 g/mol. The first-order valence-electron chi connectivity index (χ1n) is 7.92. The molecule has 2 aromatic carbocycles. The number of carboxylic acid groups (broad SMARTS) is 1. The molecule has 0 aromatic heterocycles. The standard InChI is InChI=1S/C20H21NO2.ClH/c1-20(19(22)23,18-9-5-6-14-21-18)17-12-10-16(11-13-17)15-7-3-2-4-8-15;/h2-5,7-13,18,21H,6,14H2,1H3,(H,22,23);1H/t18-,20+;/m1./s1. The third-order valence-electron chi connectivity index (χ3n) is 4.66. The van der Waals surface area contributed by atoms with Crippen LogP contribution in [-0.4, -0.2) is 23.7 Å². The lowest BCUT2D eigenvalue weighted by molar-refractivity contribution is -0.144. The summed E-state index contributed by atoms with van der Waals surface area (Å²) in [6.07, 6.45) is 4.97. The van der Waals surface area contributed by atoms with Gasteiger partial charge >= 0.3 is 5.97 Å². The van der Waals surface area contributed by atoms with Crippen molar-refractivity contribution in [2.24, 2.45) is 0 Å². The zero-order chi connectivity index (χ0) is 16.3. The molecule has 2 atom stereocenters. The van der Waals surface area contributed by atoms with Crippen LogP contribution < -0.4 is 5.32 Å². The lowest BCUT2D eigenvalue weighted by atomic mass is 9.74. The van der Waals surface area contributed by atoms with Gasteiger partial charge in [0.05, 0.1) is 0 Å². The molecule has 2 N–H and O–H groups in total. The summed E-state index contributed by atoms with van der Waals surface area (Å²) >= 11 is 0. The summed E-state index contributed by atoms with van der Waals surface area (Å²) in [6, 6.07) is 17.8. The Kier molecular flexibility index (Phi) is 5.81. The van der Waals surface area contributed by atoms with Gasteiger partial charge < -0.3 is 10.4 Å². The quantitative estimate of drug-likeness (QED) is 0.824. The zero-order valence-corrected chi connectivity index (χ0v) is 14.4. The Morgan fingerprint density at radius 1 is 1.08 bits per heavy atom. The lowest BCUT2D eigenvalue weighted by Gasteiger charge is -2.35. The van der Waals surface area contributed by atoms with E-state index in [4.69, 9.17) is 0 Å². The summed E-state index contributed by atoms with van der Waals surface area (Å²) < 4.78 is 0. The number of halogens is 1. The fraction of sp³-hybridized carbons (Fsp3) is 0.250. The molecule has 2 aromatic rings. The van der Waals surface area contributed by atoms with E-state index in [1.54, 1.807) is 6.92 Å². The minimum atomic E-state index is -0.980. The van der Waals surface area contributed by atoms with Crippen molar-refractivity contribution in [2.45, 2.75) is 24.8 Å². The summed E-state index contributed by atoms with van der Waals surface area (Å²) in [5.41, 5.74) is 2.06. The van der Waals surface area contributed by atoms with Crippen LogP contribution in [0.15, 0.2) is 66.7 Å². The number of carbonyl (C=O) groups is 1. The summed E-state index contributed by atoms with van der Waals surface area (Å²) in [6.45, 7) is 2.60. The molecule has 4 heteroatoms. The maximum Gasteiger partial charge on any atom is 0.315 e. The third-order valence-corrected chi connectivity index (χ3v) is 4.66. The number of hydrogen-bond acceptors (Lipinski definition) is 2. The van der Waals surface area contributed by atoms with E-state index >= 15 is 0 Å². The Bertz CT molecular complexity index is 712. The molecule has 0 bridgehead atoms. The molecule has 0 saturated carbocycles. The number of hydrogen-bond donors (Lipinski definition) is 2. The number of carboxylic acids is 1. The Morgan fingerprint density at radius 2 is 1.71 bits per heavy atom. The Balaban J connectivity index is 0.00000208. The van der Waals surface area contributed by atoms with E-state index in [0.29, 0.717) is 0 Å². The molecular formula is C20H22ClNO2. The van der Waals surface area contributed by atoms with Gasteiger partial charge in [-0.05, 0) is 36.6 Å². The van der Waals surface area contributed by atoms with Gasteiger partial charge in [0.2, 0.25) is 0 Å². The van der Waals surface area contributed by atoms with Gasteiger partial charge in [0.25, 0.3) is 0 Å². The zero-order valence-electron chi connectivity index (χ0n) is 13.6. The molecule has 0 radical (unpaired) electrons. The molecule has 0 aliphatic carbocycles. The van der Waals surface area contributed by atoms with Gasteiger partial charge in [-0.2, -0.15) is 0 Å². The van der Waals surface area contributed by atoms with Crippen LogP contribution in [0.3, 0.4) is 0 Å². The molecule has 126 valence electrons. The highest BCUT2D eigenvalue weighted by Crippen LogP contribution is 2.32. The smallest absolute Gasteiger partial charge is 0.315 e. The van der Waals surface area contributed by atoms with Crippen molar-refractivity contribution < 1.29 is 9.90 Å². The number of nitrogens with one attached hydrogen (secondary N) is 1. The Morgan fingerprint density at radius 3 is 2.25 bits per heavy atom. The van der Waals surface area contributed by atoms with E-state index in [2.05, 4.69) is 23.5 Å². The summed E-state index contributed by atoms with van der Waals surface area (Å²) in [7, 11) is 0. The molecule has 1 aliphatic rings. The van der Waals surface area contributed by atoms with Crippen molar-refractivity contribution in [3.05, 3.63) is 72.3 Å². The average molecular weight is 344 g/mol. The van der Waals surface area contributed by atoms with Gasteiger partial charge in [-0.1, -0.05) is 66.7 Å². The minimum Gasteiger partial charge on any atom is -0.481 e. The predicted molar refractivity (Wildman–Crippen MR) is 99.7 cm³/mol. The van der Waals surface area contributed by atoms with E-state index in [9.17, 15) is 9.90 Å². The highest BCUT2D eigenvalue weighted by Gasteiger charge is 2.42. The van der Waals surface area contributed by atoms with Crippen LogP contribution in [0.2, 0.25) is 0 Å². The van der Waals surface area contributed by atoms with Crippen LogP contribution in [0.4, 0.5) is 0 Å². The van der Waals surface area contributed by atoms with Gasteiger partial charge in [0, 0.05) is 6.04 Å². The maximum atomic E-state index is 12.0. The van der Waals surface area contributed by atoms with Crippen molar-refractivity contribution in [3.63, 3.8) is 0 Å². The molecule has 3 nitrogen and oxygen atoms in total. The van der Waals surface area contributed by atoms with Crippen LogP contribution in [-0.2, 0) is 10.2 Å². The topological polar surface area (TPSA) is 49.3 Å². The second-order valence-electron chi connectivity index (χ2n) is 6.10. The van der Waals surface area contributed by atoms with Gasteiger partial charge in [-0.3, -0.25) is 4.79 Å². The van der Waals surface area contributed by atoms with Gasteiger partial charge in [-0.15, -0.1) is 12.4 Å². The molecule has 0 saturated heterocycles. The molecule has 0 spiro atoms. The van der Waals surface area contributed by atoms with Crippen molar-refractivity contribution in [3.8, 4) is 11.1 Å². The Hall–Kier alpha value is -2.10. The Labute approximate surface area is 148 Å². The van der Waals surface area contributed by atoms with Gasteiger partial charge in [0.1, 0.15) is 5.41 Å². The molecule has 1 heterocycles. The normalized spacial score (nSPS) is 19.1. The minimum absolute atomic E-state index is 0. The van der Waals surface area contributed by atoms with Crippen LogP contribution >= 0.6 is 12.4 Å². The van der Waals surface area contributed by atoms with Crippen LogP contribution in [0, 0.1) is 0 Å². The number of aliphatic carboxylic acids is 1. The van der Waals surface area contributed by atoms with Crippen molar-refractivity contribution >= 4 is 18.4 Å². The third kappa shape index (κ3) is 3.37. The molecule has 3 rings (SSSR count). The fourth-order valence-corrected chi connectivity index (χ4v) is 3.09. The number of benzene rings is 2. The highest BCUT2D eigenvalue weighted by molar-refractivity contribution is 5.85. The number of rotatable bonds is 4. The van der Waals surface area contributed by atoms with Gasteiger partial charge in [0.15, 0.2) is 0 Å². The van der Waals surface area contributed by atoms with Crippen LogP contribution in [0.25, 0.3) is 11.1 Å². The lowest BCUT2D eigenvalue weighted by Crippen LogP contribution is -2.51. The average Bonchev–Trinajstić information content (AvgIpc) is 2.62.